The number of imidazole rings is 1. The quantitative estimate of drug-likeness (QED) is 0.152. The fourth-order valence-electron chi connectivity index (χ4n) is 6.35. The maximum atomic E-state index is 11.1. The maximum Gasteiger partial charge on any atom is 0.258 e. The second-order valence-electron chi connectivity index (χ2n) is 12.1. The van der Waals surface area contributed by atoms with Crippen molar-refractivity contribution in [2.45, 2.75) is 81.6 Å². The first-order valence-corrected chi connectivity index (χ1v) is 15.9. The predicted molar refractivity (Wildman–Crippen MR) is 171 cm³/mol. The molecule has 1 saturated heterocycles. The van der Waals surface area contributed by atoms with Crippen molar-refractivity contribution < 1.29 is 19.5 Å². The second kappa shape index (κ2) is 13.1. The number of hydrogen-bond donors (Lipinski definition) is 5. The van der Waals surface area contributed by atoms with E-state index in [-0.39, 0.29) is 23.9 Å². The Balaban J connectivity index is 1.23. The van der Waals surface area contributed by atoms with Crippen molar-refractivity contribution in [2.24, 2.45) is 5.73 Å². The summed E-state index contributed by atoms with van der Waals surface area (Å²) in [5.41, 5.74) is 9.46. The molecular formula is C33H39N9O4. The lowest BCUT2D eigenvalue weighted by molar-refractivity contribution is -0.0451. The number of aliphatic hydroxyl groups excluding tert-OH is 2. The highest BCUT2D eigenvalue weighted by atomic mass is 16.6. The summed E-state index contributed by atoms with van der Waals surface area (Å²) >= 11 is 0. The number of nitrogens with zero attached hydrogens (tertiary/aromatic N) is 6. The molecule has 2 fully saturated rings. The molecule has 4 atom stereocenters. The SMILES string of the molecule is CCc1noc([C@H]2O[C@@H](n3cnc4c(NCC(c5ccccc5)c5ccccc5)nc(NC5CCC(N)CC5)nc43)[C@H](O)[C@@H]2O)n1. The predicted octanol–water partition coefficient (Wildman–Crippen LogP) is 3.69. The number of nitrogens with one attached hydrogen (secondary N) is 2. The standard InChI is InChI=1S/C33H39N9O4/c1-2-24-38-31(46-41-24)28-26(43)27(44)32(45-28)42-18-36-25-29(39-33(40-30(25)42)37-22-15-13-21(34)14-16-22)35-17-23(19-9-5-3-6-10-19)20-11-7-4-8-12-20/h3-12,18,21-23,26-28,32,43-44H,2,13-17,34H2,1H3,(H2,35,37,39,40)/t21?,22?,26-,27+,28-,32+/m0/s1. The molecule has 0 bridgehead atoms. The Kier molecular flexibility index (Phi) is 8.63. The van der Waals surface area contributed by atoms with Crippen LogP contribution < -0.4 is 16.4 Å². The van der Waals surface area contributed by atoms with Crippen LogP contribution in [0.3, 0.4) is 0 Å². The smallest absolute Gasteiger partial charge is 0.258 e. The summed E-state index contributed by atoms with van der Waals surface area (Å²) in [4.78, 5) is 18.7. The molecule has 0 radical (unpaired) electrons. The van der Waals surface area contributed by atoms with Gasteiger partial charge in [-0.05, 0) is 36.8 Å². The molecule has 0 spiro atoms. The van der Waals surface area contributed by atoms with E-state index in [9.17, 15) is 10.2 Å². The zero-order valence-corrected chi connectivity index (χ0v) is 25.6. The summed E-state index contributed by atoms with van der Waals surface area (Å²) in [6, 6.07) is 21.1. The molecule has 0 unspecified atom stereocenters. The molecule has 13 heteroatoms. The van der Waals surface area contributed by atoms with Crippen molar-refractivity contribution in [3.8, 4) is 0 Å². The van der Waals surface area contributed by atoms with Gasteiger partial charge in [-0.3, -0.25) is 4.57 Å². The highest BCUT2D eigenvalue weighted by Crippen LogP contribution is 2.40. The Morgan fingerprint density at radius 3 is 2.28 bits per heavy atom. The number of aliphatic hydroxyl groups is 2. The van der Waals surface area contributed by atoms with Crippen LogP contribution in [0.4, 0.5) is 11.8 Å². The van der Waals surface area contributed by atoms with Crippen LogP contribution in [0.15, 0.2) is 71.5 Å². The van der Waals surface area contributed by atoms with E-state index in [1.54, 1.807) is 10.9 Å². The molecule has 240 valence electrons. The molecule has 4 heterocycles. The molecular weight excluding hydrogens is 586 g/mol. The van der Waals surface area contributed by atoms with Crippen LogP contribution in [0.5, 0.6) is 0 Å². The van der Waals surface area contributed by atoms with Crippen LogP contribution in [0.25, 0.3) is 11.2 Å². The molecule has 5 aromatic rings. The number of fused-ring (bicyclic) bond motifs is 1. The fourth-order valence-corrected chi connectivity index (χ4v) is 6.35. The van der Waals surface area contributed by atoms with Crippen molar-refractivity contribution in [3.63, 3.8) is 0 Å². The number of aryl methyl sites for hydroxylation is 1. The molecule has 7 rings (SSSR count). The van der Waals surface area contributed by atoms with Crippen molar-refractivity contribution in [2.75, 3.05) is 17.2 Å². The zero-order valence-electron chi connectivity index (χ0n) is 25.6. The number of nitrogens with two attached hydrogens (primary N) is 1. The van der Waals surface area contributed by atoms with Gasteiger partial charge in [0, 0.05) is 31.0 Å². The highest BCUT2D eigenvalue weighted by Gasteiger charge is 2.47. The van der Waals surface area contributed by atoms with Gasteiger partial charge in [-0.25, -0.2) is 4.98 Å². The van der Waals surface area contributed by atoms with E-state index in [4.69, 9.17) is 25.0 Å². The number of rotatable bonds is 10. The van der Waals surface area contributed by atoms with Gasteiger partial charge in [-0.15, -0.1) is 0 Å². The Bertz CT molecular complexity index is 1700. The average molecular weight is 626 g/mol. The summed E-state index contributed by atoms with van der Waals surface area (Å²) in [6.45, 7) is 2.45. The van der Waals surface area contributed by atoms with Crippen LogP contribution in [-0.4, -0.2) is 70.7 Å². The first kappa shape index (κ1) is 30.2. The zero-order chi connectivity index (χ0) is 31.6. The molecule has 1 aliphatic carbocycles. The summed E-state index contributed by atoms with van der Waals surface area (Å²) in [5, 5.41) is 33.1. The van der Waals surface area contributed by atoms with Crippen molar-refractivity contribution in [1.82, 2.24) is 29.7 Å². The van der Waals surface area contributed by atoms with Crippen LogP contribution in [0, 0.1) is 0 Å². The van der Waals surface area contributed by atoms with Gasteiger partial charge in [0.2, 0.25) is 5.95 Å². The Hall–Kier alpha value is -4.43. The van der Waals surface area contributed by atoms with Crippen molar-refractivity contribution in [1.29, 1.82) is 0 Å². The van der Waals surface area contributed by atoms with E-state index in [2.05, 4.69) is 50.0 Å². The maximum absolute atomic E-state index is 11.1. The van der Waals surface area contributed by atoms with E-state index in [0.29, 0.717) is 41.7 Å². The van der Waals surface area contributed by atoms with Gasteiger partial charge in [0.1, 0.15) is 12.2 Å². The normalized spacial score (nSPS) is 24.9. The van der Waals surface area contributed by atoms with Gasteiger partial charge in [-0.1, -0.05) is 72.7 Å². The molecule has 3 aromatic heterocycles. The van der Waals surface area contributed by atoms with E-state index < -0.39 is 24.5 Å². The third-order valence-electron chi connectivity index (χ3n) is 8.96. The molecule has 6 N–H and O–H groups in total. The Morgan fingerprint density at radius 2 is 1.63 bits per heavy atom. The summed E-state index contributed by atoms with van der Waals surface area (Å²) in [5.74, 6) is 1.62. The molecule has 0 amide bonds. The molecule has 46 heavy (non-hydrogen) atoms. The number of anilines is 2. The third-order valence-corrected chi connectivity index (χ3v) is 8.96. The van der Waals surface area contributed by atoms with Crippen LogP contribution in [-0.2, 0) is 11.2 Å². The minimum atomic E-state index is -1.30. The third kappa shape index (κ3) is 6.06. The minimum absolute atomic E-state index is 0.0454. The van der Waals surface area contributed by atoms with Crippen LogP contribution in [0.1, 0.15) is 73.7 Å². The monoisotopic (exact) mass is 625 g/mol. The van der Waals surface area contributed by atoms with E-state index >= 15 is 0 Å². The summed E-state index contributed by atoms with van der Waals surface area (Å²) < 4.78 is 13.1. The average Bonchev–Trinajstić information content (AvgIpc) is 3.81. The largest absolute Gasteiger partial charge is 0.387 e. The lowest BCUT2D eigenvalue weighted by Crippen LogP contribution is -2.33. The van der Waals surface area contributed by atoms with Gasteiger partial charge < -0.3 is 35.8 Å². The van der Waals surface area contributed by atoms with E-state index in [1.165, 1.54) is 11.1 Å². The molecule has 1 aliphatic heterocycles. The highest BCUT2D eigenvalue weighted by molar-refractivity contribution is 5.84. The lowest BCUT2D eigenvalue weighted by Gasteiger charge is -2.27. The molecule has 2 aromatic carbocycles. The first-order chi connectivity index (χ1) is 22.5. The minimum Gasteiger partial charge on any atom is -0.387 e. The van der Waals surface area contributed by atoms with Gasteiger partial charge >= 0.3 is 0 Å². The topological polar surface area (TPSA) is 182 Å². The molecule has 2 aliphatic rings. The first-order valence-electron chi connectivity index (χ1n) is 15.9. The summed E-state index contributed by atoms with van der Waals surface area (Å²) in [7, 11) is 0. The van der Waals surface area contributed by atoms with Gasteiger partial charge in [0.15, 0.2) is 35.1 Å². The lowest BCUT2D eigenvalue weighted by atomic mass is 9.91. The van der Waals surface area contributed by atoms with Gasteiger partial charge in [-0.2, -0.15) is 15.0 Å². The van der Waals surface area contributed by atoms with Crippen LogP contribution >= 0.6 is 0 Å². The summed E-state index contributed by atoms with van der Waals surface area (Å²) in [6.07, 6.45) is 1.18. The number of aromatic nitrogens is 6. The number of ether oxygens (including phenoxy) is 1. The van der Waals surface area contributed by atoms with Crippen LogP contribution in [0.2, 0.25) is 0 Å². The molecule has 13 nitrogen and oxygen atoms in total. The fraction of sp³-hybridized carbons (Fsp3) is 0.424. The Labute approximate surface area is 266 Å². The van der Waals surface area contributed by atoms with Gasteiger partial charge in [0.05, 0.1) is 6.33 Å². The number of hydrogen-bond acceptors (Lipinski definition) is 12. The Morgan fingerprint density at radius 1 is 0.935 bits per heavy atom. The number of benzene rings is 2. The molecule has 1 saturated carbocycles. The van der Waals surface area contributed by atoms with Crippen molar-refractivity contribution >= 4 is 22.9 Å². The van der Waals surface area contributed by atoms with E-state index in [0.717, 1.165) is 25.7 Å². The van der Waals surface area contributed by atoms with Crippen molar-refractivity contribution in [3.05, 3.63) is 89.8 Å². The van der Waals surface area contributed by atoms with E-state index in [1.807, 2.05) is 43.3 Å². The van der Waals surface area contributed by atoms with Gasteiger partial charge in [0.25, 0.3) is 5.89 Å². The second-order valence-corrected chi connectivity index (χ2v) is 12.1.